The van der Waals surface area contributed by atoms with Crippen LogP contribution in [0.2, 0.25) is 0 Å². The molecule has 2 unspecified atom stereocenters. The molecule has 1 aromatic rings. The molecular weight excluding hydrogens is 306 g/mol. The Hall–Kier alpha value is -2.08. The van der Waals surface area contributed by atoms with Crippen molar-refractivity contribution < 1.29 is 14.3 Å². The van der Waals surface area contributed by atoms with Crippen molar-refractivity contribution >= 4 is 17.5 Å². The van der Waals surface area contributed by atoms with E-state index in [1.54, 1.807) is 25.3 Å². The molecule has 0 radical (unpaired) electrons. The van der Waals surface area contributed by atoms with Crippen LogP contribution in [0.3, 0.4) is 0 Å². The van der Waals surface area contributed by atoms with Crippen molar-refractivity contribution in [3.05, 3.63) is 23.8 Å². The molecule has 6 heteroatoms. The van der Waals surface area contributed by atoms with E-state index in [4.69, 9.17) is 10.5 Å². The molecule has 0 aromatic heterocycles. The molecule has 0 saturated heterocycles. The van der Waals surface area contributed by atoms with Crippen molar-refractivity contribution in [2.24, 2.45) is 11.7 Å². The summed E-state index contributed by atoms with van der Waals surface area (Å²) in [5.41, 5.74) is 6.94. The van der Waals surface area contributed by atoms with Crippen LogP contribution < -0.4 is 21.1 Å². The highest BCUT2D eigenvalue weighted by Crippen LogP contribution is 2.28. The van der Waals surface area contributed by atoms with E-state index in [9.17, 15) is 9.59 Å². The third-order valence-electron chi connectivity index (χ3n) is 4.73. The van der Waals surface area contributed by atoms with E-state index in [-0.39, 0.29) is 29.8 Å². The number of amides is 2. The molecule has 2 fully saturated rings. The summed E-state index contributed by atoms with van der Waals surface area (Å²) in [6.45, 7) is 0. The summed E-state index contributed by atoms with van der Waals surface area (Å²) in [6.07, 6.45) is 5.51. The Morgan fingerprint density at radius 3 is 2.67 bits per heavy atom. The fraction of sp³-hybridized carbons (Fsp3) is 0.556. The van der Waals surface area contributed by atoms with Gasteiger partial charge in [0.15, 0.2) is 0 Å². The Bertz CT molecular complexity index is 628. The van der Waals surface area contributed by atoms with Gasteiger partial charge in [-0.3, -0.25) is 9.59 Å². The van der Waals surface area contributed by atoms with Crippen LogP contribution in [0, 0.1) is 5.92 Å². The number of anilines is 1. The van der Waals surface area contributed by atoms with E-state index in [2.05, 4.69) is 10.6 Å². The standard InChI is InChI=1S/C18H25N3O3/c1-24-14-7-8-16(15(10-14)18(23)20-13-5-6-13)21-17(22)11-3-2-4-12(19)9-11/h7-8,10-13H,2-6,9,19H2,1H3,(H,20,23)(H,21,22). The molecule has 0 bridgehead atoms. The second-order valence-electron chi connectivity index (χ2n) is 6.77. The lowest BCUT2D eigenvalue weighted by atomic mass is 9.85. The zero-order valence-corrected chi connectivity index (χ0v) is 14.0. The molecule has 6 nitrogen and oxygen atoms in total. The first-order chi connectivity index (χ1) is 11.6. The van der Waals surface area contributed by atoms with E-state index in [0.717, 1.165) is 32.1 Å². The Morgan fingerprint density at radius 1 is 1.21 bits per heavy atom. The fourth-order valence-corrected chi connectivity index (χ4v) is 3.14. The van der Waals surface area contributed by atoms with Crippen LogP contribution in [0.15, 0.2) is 18.2 Å². The van der Waals surface area contributed by atoms with Crippen molar-refractivity contribution in [3.63, 3.8) is 0 Å². The minimum absolute atomic E-state index is 0.0595. The van der Waals surface area contributed by atoms with Gasteiger partial charge in [0.25, 0.3) is 5.91 Å². The molecule has 3 rings (SSSR count). The molecule has 4 N–H and O–H groups in total. The molecule has 130 valence electrons. The molecule has 2 atom stereocenters. The first kappa shape index (κ1) is 16.8. The maximum absolute atomic E-state index is 12.5. The summed E-state index contributed by atoms with van der Waals surface area (Å²) in [6, 6.07) is 5.48. The normalized spacial score (nSPS) is 23.4. The van der Waals surface area contributed by atoms with Crippen LogP contribution in [0.5, 0.6) is 5.75 Å². The first-order valence-corrected chi connectivity index (χ1v) is 8.62. The zero-order valence-electron chi connectivity index (χ0n) is 14.0. The third-order valence-corrected chi connectivity index (χ3v) is 4.73. The topological polar surface area (TPSA) is 93.4 Å². The lowest BCUT2D eigenvalue weighted by Crippen LogP contribution is -2.35. The highest BCUT2D eigenvalue weighted by atomic mass is 16.5. The van der Waals surface area contributed by atoms with E-state index in [1.807, 2.05) is 0 Å². The molecule has 24 heavy (non-hydrogen) atoms. The Morgan fingerprint density at radius 2 is 2.00 bits per heavy atom. The van der Waals surface area contributed by atoms with E-state index < -0.39 is 0 Å². The Labute approximate surface area is 142 Å². The third kappa shape index (κ3) is 4.06. The van der Waals surface area contributed by atoms with Crippen LogP contribution in [0.1, 0.15) is 48.9 Å². The SMILES string of the molecule is COc1ccc(NC(=O)C2CCCC(N)C2)c(C(=O)NC2CC2)c1. The van der Waals surface area contributed by atoms with Crippen molar-refractivity contribution in [3.8, 4) is 5.75 Å². The van der Waals surface area contributed by atoms with Crippen molar-refractivity contribution in [1.82, 2.24) is 5.32 Å². The summed E-state index contributed by atoms with van der Waals surface area (Å²) < 4.78 is 5.21. The lowest BCUT2D eigenvalue weighted by Gasteiger charge is -2.26. The number of hydrogen-bond acceptors (Lipinski definition) is 4. The average molecular weight is 331 g/mol. The molecule has 0 aliphatic heterocycles. The highest BCUT2D eigenvalue weighted by Gasteiger charge is 2.28. The largest absolute Gasteiger partial charge is 0.497 e. The smallest absolute Gasteiger partial charge is 0.253 e. The van der Waals surface area contributed by atoms with Gasteiger partial charge in [-0.2, -0.15) is 0 Å². The number of nitrogens with one attached hydrogen (secondary N) is 2. The van der Waals surface area contributed by atoms with Gasteiger partial charge in [0.1, 0.15) is 5.75 Å². The number of hydrogen-bond donors (Lipinski definition) is 3. The predicted molar refractivity (Wildman–Crippen MR) is 92.0 cm³/mol. The number of rotatable bonds is 5. The Kier molecular flexibility index (Phi) is 5.04. The van der Waals surface area contributed by atoms with Crippen molar-refractivity contribution in [2.75, 3.05) is 12.4 Å². The molecular formula is C18H25N3O3. The Balaban J connectivity index is 1.75. The number of carbonyl (C=O) groups is 2. The molecule has 0 spiro atoms. The quantitative estimate of drug-likeness (QED) is 0.770. The van der Waals surface area contributed by atoms with Gasteiger partial charge in [-0.1, -0.05) is 6.42 Å². The van der Waals surface area contributed by atoms with Gasteiger partial charge in [-0.25, -0.2) is 0 Å². The second-order valence-corrected chi connectivity index (χ2v) is 6.77. The number of carbonyl (C=O) groups excluding carboxylic acids is 2. The fourth-order valence-electron chi connectivity index (χ4n) is 3.14. The molecule has 2 aliphatic carbocycles. The highest BCUT2D eigenvalue weighted by molar-refractivity contribution is 6.04. The second kappa shape index (κ2) is 7.21. The zero-order chi connectivity index (χ0) is 17.1. The van der Waals surface area contributed by atoms with Crippen LogP contribution in [0.25, 0.3) is 0 Å². The summed E-state index contributed by atoms with van der Waals surface area (Å²) in [7, 11) is 1.56. The van der Waals surface area contributed by atoms with Gasteiger partial charge in [-0.05, 0) is 50.3 Å². The minimum atomic E-state index is -0.174. The van der Waals surface area contributed by atoms with Crippen LogP contribution in [-0.2, 0) is 4.79 Å². The molecule has 2 amide bonds. The van der Waals surface area contributed by atoms with Crippen LogP contribution in [-0.4, -0.2) is 31.0 Å². The summed E-state index contributed by atoms with van der Waals surface area (Å²) >= 11 is 0. The molecule has 2 saturated carbocycles. The number of ether oxygens (including phenoxy) is 1. The van der Waals surface area contributed by atoms with Gasteiger partial charge in [0.2, 0.25) is 5.91 Å². The first-order valence-electron chi connectivity index (χ1n) is 8.62. The van der Waals surface area contributed by atoms with Gasteiger partial charge >= 0.3 is 0 Å². The number of nitrogens with two attached hydrogens (primary N) is 1. The van der Waals surface area contributed by atoms with Gasteiger partial charge in [-0.15, -0.1) is 0 Å². The van der Waals surface area contributed by atoms with E-state index in [1.165, 1.54) is 0 Å². The van der Waals surface area contributed by atoms with E-state index in [0.29, 0.717) is 23.4 Å². The van der Waals surface area contributed by atoms with Crippen molar-refractivity contribution in [2.45, 2.75) is 50.6 Å². The summed E-state index contributed by atoms with van der Waals surface area (Å²) in [4.78, 5) is 25.0. The molecule has 2 aliphatic rings. The van der Waals surface area contributed by atoms with Gasteiger partial charge in [0.05, 0.1) is 18.4 Å². The van der Waals surface area contributed by atoms with Gasteiger partial charge < -0.3 is 21.1 Å². The molecule has 1 aromatic carbocycles. The van der Waals surface area contributed by atoms with Gasteiger partial charge in [0, 0.05) is 18.0 Å². The minimum Gasteiger partial charge on any atom is -0.497 e. The van der Waals surface area contributed by atoms with Crippen LogP contribution in [0.4, 0.5) is 5.69 Å². The van der Waals surface area contributed by atoms with E-state index >= 15 is 0 Å². The van der Waals surface area contributed by atoms with Crippen LogP contribution >= 0.6 is 0 Å². The summed E-state index contributed by atoms with van der Waals surface area (Å²) in [5, 5.41) is 5.87. The molecule has 0 heterocycles. The predicted octanol–water partition coefficient (Wildman–Crippen LogP) is 2.04. The lowest BCUT2D eigenvalue weighted by molar-refractivity contribution is -0.120. The number of benzene rings is 1. The average Bonchev–Trinajstić information content (AvgIpc) is 3.39. The van der Waals surface area contributed by atoms with Crippen molar-refractivity contribution in [1.29, 1.82) is 0 Å². The summed E-state index contributed by atoms with van der Waals surface area (Å²) in [5.74, 6) is 0.270. The maximum Gasteiger partial charge on any atom is 0.253 e. The number of methoxy groups -OCH3 is 1. The maximum atomic E-state index is 12.5. The monoisotopic (exact) mass is 331 g/mol.